The number of nitrogens with one attached hydrogen (secondary N) is 1. The monoisotopic (exact) mass is 386 g/mol. The third kappa shape index (κ3) is 3.68. The quantitative estimate of drug-likeness (QED) is 0.731. The highest BCUT2D eigenvalue weighted by Gasteiger charge is 2.26. The zero-order valence-corrected chi connectivity index (χ0v) is 16.5. The molecule has 1 aliphatic heterocycles. The van der Waals surface area contributed by atoms with Crippen LogP contribution in [0.5, 0.6) is 0 Å². The number of fused-ring (bicyclic) bond motifs is 1. The molecule has 1 saturated heterocycles. The van der Waals surface area contributed by atoms with Crippen LogP contribution in [0, 0.1) is 13.8 Å². The van der Waals surface area contributed by atoms with Gasteiger partial charge in [0.05, 0.1) is 22.3 Å². The third-order valence-electron chi connectivity index (χ3n) is 4.85. The summed E-state index contributed by atoms with van der Waals surface area (Å²) in [6, 6.07) is 10.2. The smallest absolute Gasteiger partial charge is 0.259 e. The Hall–Kier alpha value is -2.44. The number of benzene rings is 1. The van der Waals surface area contributed by atoms with Crippen molar-refractivity contribution in [2.45, 2.75) is 26.8 Å². The van der Waals surface area contributed by atoms with Crippen LogP contribution in [0.3, 0.4) is 0 Å². The van der Waals surface area contributed by atoms with E-state index in [2.05, 4.69) is 22.4 Å². The highest BCUT2D eigenvalue weighted by molar-refractivity contribution is 6.07. The molecule has 3 heterocycles. The van der Waals surface area contributed by atoms with E-state index in [9.17, 15) is 4.79 Å². The van der Waals surface area contributed by atoms with E-state index in [1.54, 1.807) is 0 Å². The number of carbonyl (C=O) groups excluding carboxylic acids is 1. The van der Waals surface area contributed by atoms with Gasteiger partial charge >= 0.3 is 0 Å². The zero-order chi connectivity index (χ0) is 18.3. The van der Waals surface area contributed by atoms with Crippen LogP contribution in [0.25, 0.3) is 22.4 Å². The number of rotatable bonds is 2. The number of aryl methyl sites for hydroxylation is 2. The molecule has 27 heavy (non-hydrogen) atoms. The molecule has 1 unspecified atom stereocenters. The summed E-state index contributed by atoms with van der Waals surface area (Å²) >= 11 is 0. The van der Waals surface area contributed by atoms with Crippen molar-refractivity contribution in [3.8, 4) is 11.3 Å². The van der Waals surface area contributed by atoms with E-state index in [-0.39, 0.29) is 24.4 Å². The van der Waals surface area contributed by atoms with E-state index >= 15 is 0 Å². The topological polar surface area (TPSA) is 71.3 Å². The summed E-state index contributed by atoms with van der Waals surface area (Å²) in [6.45, 7) is 8.15. The normalized spacial score (nSPS) is 17.0. The molecule has 4 rings (SSSR count). The first-order valence-electron chi connectivity index (χ1n) is 8.89. The average Bonchev–Trinajstić information content (AvgIpc) is 3.02. The van der Waals surface area contributed by atoms with Crippen LogP contribution in [-0.2, 0) is 0 Å². The second-order valence-electron chi connectivity index (χ2n) is 6.98. The van der Waals surface area contributed by atoms with Gasteiger partial charge in [0.25, 0.3) is 11.6 Å². The Morgan fingerprint density at radius 2 is 2.00 bits per heavy atom. The molecule has 0 saturated carbocycles. The molecule has 0 bridgehead atoms. The SMILES string of the molecule is Cc1ccc(-c2cc(C(=O)N3CCNC(C)C3)c3c(C)noc3n2)cc1.Cl. The average molecular weight is 387 g/mol. The predicted molar refractivity (Wildman–Crippen MR) is 107 cm³/mol. The lowest BCUT2D eigenvalue weighted by molar-refractivity contribution is 0.0711. The lowest BCUT2D eigenvalue weighted by Crippen LogP contribution is -2.51. The molecule has 1 atom stereocenters. The highest BCUT2D eigenvalue weighted by Crippen LogP contribution is 2.28. The number of piperazine rings is 1. The molecule has 1 N–H and O–H groups in total. The van der Waals surface area contributed by atoms with E-state index in [4.69, 9.17) is 4.52 Å². The van der Waals surface area contributed by atoms with Crippen molar-refractivity contribution in [1.29, 1.82) is 0 Å². The van der Waals surface area contributed by atoms with E-state index in [1.165, 1.54) is 5.56 Å². The number of hydrogen-bond acceptors (Lipinski definition) is 5. The van der Waals surface area contributed by atoms with Gasteiger partial charge in [0, 0.05) is 31.2 Å². The number of nitrogens with zero attached hydrogens (tertiary/aromatic N) is 3. The second kappa shape index (κ2) is 7.66. The van der Waals surface area contributed by atoms with Gasteiger partial charge in [0.15, 0.2) is 0 Å². The molecule has 6 nitrogen and oxygen atoms in total. The summed E-state index contributed by atoms with van der Waals surface area (Å²) < 4.78 is 5.39. The fraction of sp³-hybridized carbons (Fsp3) is 0.350. The van der Waals surface area contributed by atoms with Gasteiger partial charge in [0.2, 0.25) is 0 Å². The van der Waals surface area contributed by atoms with Gasteiger partial charge in [-0.3, -0.25) is 4.79 Å². The lowest BCUT2D eigenvalue weighted by Gasteiger charge is -2.32. The number of aromatic nitrogens is 2. The molecule has 1 fully saturated rings. The van der Waals surface area contributed by atoms with Crippen molar-refractivity contribution < 1.29 is 9.32 Å². The minimum Gasteiger partial charge on any atom is -0.336 e. The molecule has 7 heteroatoms. The van der Waals surface area contributed by atoms with Crippen molar-refractivity contribution in [3.63, 3.8) is 0 Å². The van der Waals surface area contributed by atoms with Crippen LogP contribution in [0.1, 0.15) is 28.5 Å². The number of carbonyl (C=O) groups is 1. The minimum absolute atomic E-state index is 0. The number of amides is 1. The first-order chi connectivity index (χ1) is 12.5. The summed E-state index contributed by atoms with van der Waals surface area (Å²) in [5.41, 5.74) is 4.56. The first kappa shape index (κ1) is 19.3. The Bertz CT molecular complexity index is 968. The molecule has 0 radical (unpaired) electrons. The van der Waals surface area contributed by atoms with Crippen molar-refractivity contribution in [1.82, 2.24) is 20.4 Å². The number of hydrogen-bond donors (Lipinski definition) is 1. The van der Waals surface area contributed by atoms with Crippen molar-refractivity contribution in [2.24, 2.45) is 0 Å². The summed E-state index contributed by atoms with van der Waals surface area (Å²) in [6.07, 6.45) is 0. The first-order valence-corrected chi connectivity index (χ1v) is 8.89. The minimum atomic E-state index is 0. The fourth-order valence-electron chi connectivity index (χ4n) is 3.42. The van der Waals surface area contributed by atoms with Crippen molar-refractivity contribution >= 4 is 29.4 Å². The Morgan fingerprint density at radius 1 is 1.26 bits per heavy atom. The summed E-state index contributed by atoms with van der Waals surface area (Å²) in [4.78, 5) is 19.7. The molecule has 0 aliphatic carbocycles. The molecule has 1 aromatic carbocycles. The van der Waals surface area contributed by atoms with Crippen LogP contribution in [0.2, 0.25) is 0 Å². The Kier molecular flexibility index (Phi) is 5.48. The number of halogens is 1. The van der Waals surface area contributed by atoms with E-state index < -0.39 is 0 Å². The van der Waals surface area contributed by atoms with E-state index in [0.29, 0.717) is 35.4 Å². The Morgan fingerprint density at radius 3 is 2.70 bits per heavy atom. The third-order valence-corrected chi connectivity index (χ3v) is 4.85. The zero-order valence-electron chi connectivity index (χ0n) is 15.7. The molecular weight excluding hydrogens is 364 g/mol. The van der Waals surface area contributed by atoms with Gasteiger partial charge in [-0.05, 0) is 26.8 Å². The molecule has 142 valence electrons. The van der Waals surface area contributed by atoms with Gasteiger partial charge in [-0.25, -0.2) is 4.98 Å². The van der Waals surface area contributed by atoms with E-state index in [1.807, 2.05) is 49.1 Å². The molecule has 0 spiro atoms. The van der Waals surface area contributed by atoms with Gasteiger partial charge in [-0.15, -0.1) is 12.4 Å². The van der Waals surface area contributed by atoms with Gasteiger partial charge in [-0.2, -0.15) is 0 Å². The molecule has 2 aromatic heterocycles. The van der Waals surface area contributed by atoms with Crippen LogP contribution in [0.4, 0.5) is 0 Å². The van der Waals surface area contributed by atoms with Crippen LogP contribution < -0.4 is 5.32 Å². The van der Waals surface area contributed by atoms with Crippen LogP contribution in [0.15, 0.2) is 34.9 Å². The lowest BCUT2D eigenvalue weighted by atomic mass is 10.0. The molecule has 1 aliphatic rings. The maximum absolute atomic E-state index is 13.2. The van der Waals surface area contributed by atoms with Crippen molar-refractivity contribution in [2.75, 3.05) is 19.6 Å². The summed E-state index contributed by atoms with van der Waals surface area (Å²) in [5.74, 6) is 0.00501. The van der Waals surface area contributed by atoms with Crippen LogP contribution in [-0.4, -0.2) is 46.6 Å². The summed E-state index contributed by atoms with van der Waals surface area (Å²) in [5, 5.41) is 8.10. The van der Waals surface area contributed by atoms with Crippen molar-refractivity contribution in [3.05, 3.63) is 47.2 Å². The molecular formula is C20H23ClN4O2. The van der Waals surface area contributed by atoms with Gasteiger partial charge < -0.3 is 14.7 Å². The van der Waals surface area contributed by atoms with E-state index in [0.717, 1.165) is 17.8 Å². The number of pyridine rings is 1. The fourth-order valence-corrected chi connectivity index (χ4v) is 3.42. The van der Waals surface area contributed by atoms with Gasteiger partial charge in [-0.1, -0.05) is 35.0 Å². The standard InChI is InChI=1S/C20H22N4O2.ClH/c1-12-4-6-15(7-5-12)17-10-16(18-14(3)23-26-19(18)22-17)20(25)24-9-8-21-13(2)11-24;/h4-7,10,13,21H,8-9,11H2,1-3H3;1H. The predicted octanol–water partition coefficient (Wildman–Crippen LogP) is 3.36. The maximum Gasteiger partial charge on any atom is 0.259 e. The highest BCUT2D eigenvalue weighted by atomic mass is 35.5. The Balaban J connectivity index is 0.00000210. The van der Waals surface area contributed by atoms with Crippen LogP contribution >= 0.6 is 12.4 Å². The molecule has 3 aromatic rings. The largest absolute Gasteiger partial charge is 0.336 e. The van der Waals surface area contributed by atoms with Gasteiger partial charge in [0.1, 0.15) is 0 Å². The summed E-state index contributed by atoms with van der Waals surface area (Å²) in [7, 11) is 0. The maximum atomic E-state index is 13.2. The molecule has 1 amide bonds. The Labute approximate surface area is 164 Å². The second-order valence-corrected chi connectivity index (χ2v) is 6.98.